The van der Waals surface area contributed by atoms with Gasteiger partial charge >= 0.3 is 0 Å². The first-order valence-electron chi connectivity index (χ1n) is 10.7. The topological polar surface area (TPSA) is 145 Å². The minimum absolute atomic E-state index is 0.0496. The predicted octanol–water partition coefficient (Wildman–Crippen LogP) is 2.17. The van der Waals surface area contributed by atoms with Gasteiger partial charge in [0.15, 0.2) is 0 Å². The van der Waals surface area contributed by atoms with Gasteiger partial charge in [-0.05, 0) is 66.6 Å². The summed E-state index contributed by atoms with van der Waals surface area (Å²) in [7, 11) is -5.19. The normalized spacial score (nSPS) is 11.6. The van der Waals surface area contributed by atoms with Crippen molar-refractivity contribution in [1.29, 1.82) is 0 Å². The monoisotopic (exact) mass is 533 g/mol. The molecular weight excluding hydrogens is 506 g/mol. The highest BCUT2D eigenvalue weighted by atomic mass is 32.2. The van der Waals surface area contributed by atoms with Gasteiger partial charge in [-0.3, -0.25) is 9.10 Å². The summed E-state index contributed by atoms with van der Waals surface area (Å²) in [5, 5.41) is 7.76. The van der Waals surface area contributed by atoms with E-state index in [0.717, 1.165) is 4.31 Å². The summed E-state index contributed by atoms with van der Waals surface area (Å²) in [6.07, 6.45) is 0. The number of aryl methyl sites for hydroxylation is 1. The third-order valence-corrected chi connectivity index (χ3v) is 8.00. The molecule has 0 aliphatic heterocycles. The number of hydrogen-bond donors (Lipinski definition) is 2. The van der Waals surface area contributed by atoms with Crippen LogP contribution in [0.2, 0.25) is 0 Å². The van der Waals surface area contributed by atoms with Crippen molar-refractivity contribution in [2.75, 3.05) is 25.1 Å². The molecule has 12 heteroatoms. The molecule has 0 saturated carbocycles. The number of sulfonamides is 2. The highest BCUT2D eigenvalue weighted by molar-refractivity contribution is 7.93. The Balaban J connectivity index is 1.89. The standard InChI is InChI=1S/C24H27N3O7S2/c1-17-4-13-22(34-3)23(14-17)36(31,32)27(19-7-9-20(33-2)10-8-19)16-24(28)26-15-18-5-11-21(12-6-18)35(25,29)30/h4-14H,15-16H2,1-3H3,(H,26,28)(H2,25,29,30). The fourth-order valence-electron chi connectivity index (χ4n) is 3.35. The van der Waals surface area contributed by atoms with Crippen LogP contribution in [0.4, 0.5) is 5.69 Å². The van der Waals surface area contributed by atoms with Crippen molar-refractivity contribution < 1.29 is 31.1 Å². The van der Waals surface area contributed by atoms with E-state index in [9.17, 15) is 21.6 Å². The number of carbonyl (C=O) groups excluding carboxylic acids is 1. The van der Waals surface area contributed by atoms with Gasteiger partial charge in [0.05, 0.1) is 24.8 Å². The van der Waals surface area contributed by atoms with Gasteiger partial charge in [-0.1, -0.05) is 18.2 Å². The maximum absolute atomic E-state index is 13.7. The van der Waals surface area contributed by atoms with Gasteiger partial charge in [0.1, 0.15) is 22.9 Å². The molecule has 10 nitrogen and oxygen atoms in total. The van der Waals surface area contributed by atoms with Crippen LogP contribution in [0.1, 0.15) is 11.1 Å². The van der Waals surface area contributed by atoms with Crippen molar-refractivity contribution in [2.45, 2.75) is 23.3 Å². The number of nitrogens with zero attached hydrogens (tertiary/aromatic N) is 1. The number of rotatable bonds is 10. The van der Waals surface area contributed by atoms with Gasteiger partial charge in [-0.15, -0.1) is 0 Å². The molecule has 0 spiro atoms. The Labute approximate surface area is 210 Å². The van der Waals surface area contributed by atoms with E-state index in [1.54, 1.807) is 31.2 Å². The van der Waals surface area contributed by atoms with Crippen molar-refractivity contribution in [3.63, 3.8) is 0 Å². The maximum atomic E-state index is 13.7. The quantitative estimate of drug-likeness (QED) is 0.406. The zero-order valence-electron chi connectivity index (χ0n) is 20.0. The van der Waals surface area contributed by atoms with Crippen molar-refractivity contribution in [3.05, 3.63) is 77.9 Å². The molecule has 3 N–H and O–H groups in total. The average Bonchev–Trinajstić information content (AvgIpc) is 2.85. The lowest BCUT2D eigenvalue weighted by atomic mass is 10.2. The number of primary sulfonamides is 1. The van der Waals surface area contributed by atoms with E-state index in [1.165, 1.54) is 56.7 Å². The van der Waals surface area contributed by atoms with E-state index in [1.807, 2.05) is 0 Å². The largest absolute Gasteiger partial charge is 0.497 e. The zero-order valence-corrected chi connectivity index (χ0v) is 21.6. The molecule has 0 saturated heterocycles. The van der Waals surface area contributed by atoms with Crippen molar-refractivity contribution in [3.8, 4) is 11.5 Å². The van der Waals surface area contributed by atoms with Gasteiger partial charge in [-0.25, -0.2) is 22.0 Å². The van der Waals surface area contributed by atoms with Gasteiger partial charge in [0, 0.05) is 6.54 Å². The van der Waals surface area contributed by atoms with Crippen molar-refractivity contribution >= 4 is 31.6 Å². The molecule has 0 aliphatic rings. The van der Waals surface area contributed by atoms with Crippen LogP contribution in [0.15, 0.2) is 76.5 Å². The number of hydrogen-bond acceptors (Lipinski definition) is 7. The highest BCUT2D eigenvalue weighted by Gasteiger charge is 2.30. The smallest absolute Gasteiger partial charge is 0.268 e. The fraction of sp³-hybridized carbons (Fsp3) is 0.208. The molecule has 0 atom stereocenters. The van der Waals surface area contributed by atoms with Gasteiger partial charge in [0.2, 0.25) is 15.9 Å². The van der Waals surface area contributed by atoms with E-state index in [4.69, 9.17) is 14.6 Å². The molecule has 36 heavy (non-hydrogen) atoms. The van der Waals surface area contributed by atoms with Gasteiger partial charge in [-0.2, -0.15) is 0 Å². The Kier molecular flexibility index (Phi) is 8.23. The number of anilines is 1. The third kappa shape index (κ3) is 6.33. The second-order valence-corrected chi connectivity index (χ2v) is 11.2. The Morgan fingerprint density at radius 2 is 1.56 bits per heavy atom. The summed E-state index contributed by atoms with van der Waals surface area (Å²) < 4.78 is 61.7. The number of amides is 1. The van der Waals surface area contributed by atoms with E-state index >= 15 is 0 Å². The van der Waals surface area contributed by atoms with Crippen LogP contribution in [-0.4, -0.2) is 43.5 Å². The number of carbonyl (C=O) groups is 1. The first kappa shape index (κ1) is 27.0. The van der Waals surface area contributed by atoms with Crippen molar-refractivity contribution in [2.24, 2.45) is 5.14 Å². The van der Waals surface area contributed by atoms with Crippen LogP contribution in [0.25, 0.3) is 0 Å². The number of nitrogens with one attached hydrogen (secondary N) is 1. The van der Waals surface area contributed by atoms with E-state index < -0.39 is 32.5 Å². The molecule has 3 aromatic rings. The summed E-state index contributed by atoms with van der Waals surface area (Å²) in [6.45, 7) is 1.29. The molecule has 192 valence electrons. The van der Waals surface area contributed by atoms with Crippen LogP contribution in [0.3, 0.4) is 0 Å². The molecule has 0 aliphatic carbocycles. The molecule has 0 aromatic heterocycles. The Morgan fingerprint density at radius 1 is 0.917 bits per heavy atom. The summed E-state index contributed by atoms with van der Waals surface area (Å²) in [6, 6.07) is 16.7. The lowest BCUT2D eigenvalue weighted by Gasteiger charge is -2.25. The molecule has 3 rings (SSSR count). The minimum atomic E-state index is -4.21. The Bertz CT molecular complexity index is 1440. The molecule has 0 fully saturated rings. The number of ether oxygens (including phenoxy) is 2. The molecule has 0 bridgehead atoms. The Hall–Kier alpha value is -3.61. The number of methoxy groups -OCH3 is 2. The van der Waals surface area contributed by atoms with Crippen LogP contribution < -0.4 is 24.2 Å². The van der Waals surface area contributed by atoms with Gasteiger partial charge < -0.3 is 14.8 Å². The molecule has 0 heterocycles. The molecule has 3 aromatic carbocycles. The summed E-state index contributed by atoms with van der Waals surface area (Å²) in [5.41, 5.74) is 1.57. The molecule has 1 amide bonds. The fourth-order valence-corrected chi connectivity index (χ4v) is 5.53. The molecule has 0 radical (unpaired) electrons. The van der Waals surface area contributed by atoms with Crippen LogP contribution in [0.5, 0.6) is 11.5 Å². The summed E-state index contributed by atoms with van der Waals surface area (Å²) >= 11 is 0. The lowest BCUT2D eigenvalue weighted by molar-refractivity contribution is -0.119. The summed E-state index contributed by atoms with van der Waals surface area (Å²) in [4.78, 5) is 12.7. The van der Waals surface area contributed by atoms with E-state index in [2.05, 4.69) is 5.32 Å². The molecule has 0 unspecified atom stereocenters. The SMILES string of the molecule is COc1ccc(N(CC(=O)NCc2ccc(S(N)(=O)=O)cc2)S(=O)(=O)c2cc(C)ccc2OC)cc1. The molecular formula is C24H27N3O7S2. The first-order chi connectivity index (χ1) is 17.0. The zero-order chi connectivity index (χ0) is 26.5. The van der Waals surface area contributed by atoms with Crippen molar-refractivity contribution in [1.82, 2.24) is 5.32 Å². The summed E-state index contributed by atoms with van der Waals surface area (Å²) in [5.74, 6) is 0.0997. The minimum Gasteiger partial charge on any atom is -0.497 e. The first-order valence-corrected chi connectivity index (χ1v) is 13.6. The van der Waals surface area contributed by atoms with Gasteiger partial charge in [0.25, 0.3) is 10.0 Å². The predicted molar refractivity (Wildman–Crippen MR) is 135 cm³/mol. The van der Waals surface area contributed by atoms with E-state index in [0.29, 0.717) is 16.9 Å². The third-order valence-electron chi connectivity index (χ3n) is 5.28. The Morgan fingerprint density at radius 3 is 2.11 bits per heavy atom. The van der Waals surface area contributed by atoms with E-state index in [-0.39, 0.29) is 27.8 Å². The average molecular weight is 534 g/mol. The lowest BCUT2D eigenvalue weighted by Crippen LogP contribution is -2.40. The number of benzene rings is 3. The number of nitrogens with two attached hydrogens (primary N) is 1. The highest BCUT2D eigenvalue weighted by Crippen LogP contribution is 2.31. The second kappa shape index (κ2) is 11.0. The van der Waals surface area contributed by atoms with Crippen LogP contribution >= 0.6 is 0 Å². The second-order valence-electron chi connectivity index (χ2n) is 7.83. The van der Waals surface area contributed by atoms with Crippen LogP contribution in [-0.2, 0) is 31.4 Å². The van der Waals surface area contributed by atoms with Crippen LogP contribution in [0, 0.1) is 6.92 Å². The maximum Gasteiger partial charge on any atom is 0.268 e.